The number of fused-ring (bicyclic) bond motifs is 1. The number of anilines is 2. The first kappa shape index (κ1) is 14.0. The highest BCUT2D eigenvalue weighted by molar-refractivity contribution is 5.57. The summed E-state index contributed by atoms with van der Waals surface area (Å²) in [4.78, 5) is 21.3. The fourth-order valence-electron chi connectivity index (χ4n) is 3.33. The van der Waals surface area contributed by atoms with Crippen LogP contribution in [0.3, 0.4) is 0 Å². The number of nitrogens with zero attached hydrogens (tertiary/aromatic N) is 4. The van der Waals surface area contributed by atoms with Crippen molar-refractivity contribution in [2.75, 3.05) is 30.8 Å². The highest BCUT2D eigenvalue weighted by atomic mass is 16.6. The van der Waals surface area contributed by atoms with Gasteiger partial charge in [-0.1, -0.05) is 6.42 Å². The minimum Gasteiger partial charge on any atom is -0.360 e. The van der Waals surface area contributed by atoms with Crippen LogP contribution in [0.4, 0.5) is 17.5 Å². The summed E-state index contributed by atoms with van der Waals surface area (Å²) in [7, 11) is 1.70. The predicted molar refractivity (Wildman–Crippen MR) is 79.5 cm³/mol. The van der Waals surface area contributed by atoms with Gasteiger partial charge >= 0.3 is 5.69 Å². The van der Waals surface area contributed by atoms with Crippen LogP contribution in [0.25, 0.3) is 0 Å². The van der Waals surface area contributed by atoms with E-state index >= 15 is 0 Å². The van der Waals surface area contributed by atoms with Crippen molar-refractivity contribution in [3.8, 4) is 0 Å². The van der Waals surface area contributed by atoms with Gasteiger partial charge in [-0.25, -0.2) is 4.98 Å². The number of nitrogens with one attached hydrogen (secondary N) is 2. The molecule has 3 rings (SSSR count). The second-order valence-corrected chi connectivity index (χ2v) is 5.57. The van der Waals surface area contributed by atoms with Gasteiger partial charge in [0.15, 0.2) is 0 Å². The van der Waals surface area contributed by atoms with E-state index in [1.807, 2.05) is 0 Å². The lowest BCUT2D eigenvalue weighted by Gasteiger charge is -2.32. The SMILES string of the molecule is CNc1ncc([N+](=O)[O-])c(NC2CCN3CCCCC23)n1. The molecule has 2 N–H and O–H groups in total. The van der Waals surface area contributed by atoms with E-state index < -0.39 is 4.92 Å². The van der Waals surface area contributed by atoms with E-state index in [1.54, 1.807) is 7.05 Å². The van der Waals surface area contributed by atoms with Gasteiger partial charge in [-0.15, -0.1) is 0 Å². The van der Waals surface area contributed by atoms with Gasteiger partial charge in [0.1, 0.15) is 6.20 Å². The van der Waals surface area contributed by atoms with Crippen molar-refractivity contribution in [1.82, 2.24) is 14.9 Å². The Balaban J connectivity index is 1.81. The maximum atomic E-state index is 11.1. The minimum absolute atomic E-state index is 0.0664. The molecule has 2 unspecified atom stereocenters. The molecule has 21 heavy (non-hydrogen) atoms. The van der Waals surface area contributed by atoms with Crippen molar-refractivity contribution in [3.63, 3.8) is 0 Å². The predicted octanol–water partition coefficient (Wildman–Crippen LogP) is 1.47. The van der Waals surface area contributed by atoms with Crippen molar-refractivity contribution in [1.29, 1.82) is 0 Å². The molecule has 0 spiro atoms. The number of rotatable bonds is 4. The second kappa shape index (κ2) is 5.80. The van der Waals surface area contributed by atoms with Crippen LogP contribution in [0.2, 0.25) is 0 Å². The largest absolute Gasteiger partial charge is 0.360 e. The number of aromatic nitrogens is 2. The number of piperidine rings is 1. The summed E-state index contributed by atoms with van der Waals surface area (Å²) in [5.41, 5.74) is -0.0664. The topological polar surface area (TPSA) is 96.2 Å². The molecule has 0 saturated carbocycles. The lowest BCUT2D eigenvalue weighted by Crippen LogP contribution is -2.41. The fourth-order valence-corrected chi connectivity index (χ4v) is 3.33. The zero-order valence-electron chi connectivity index (χ0n) is 12.1. The zero-order chi connectivity index (χ0) is 14.8. The first-order valence-electron chi connectivity index (χ1n) is 7.39. The molecule has 0 aromatic carbocycles. The van der Waals surface area contributed by atoms with Gasteiger partial charge in [0.25, 0.3) is 0 Å². The normalized spacial score (nSPS) is 25.4. The summed E-state index contributed by atoms with van der Waals surface area (Å²) in [6.07, 6.45) is 5.89. The zero-order valence-corrected chi connectivity index (χ0v) is 12.1. The Morgan fingerprint density at radius 1 is 1.38 bits per heavy atom. The van der Waals surface area contributed by atoms with Gasteiger partial charge in [0.2, 0.25) is 11.8 Å². The van der Waals surface area contributed by atoms with E-state index in [1.165, 1.54) is 19.0 Å². The van der Waals surface area contributed by atoms with Crippen molar-refractivity contribution in [2.24, 2.45) is 0 Å². The number of hydrogen-bond donors (Lipinski definition) is 2. The van der Waals surface area contributed by atoms with E-state index in [0.717, 1.165) is 25.9 Å². The highest BCUT2D eigenvalue weighted by Crippen LogP contribution is 2.31. The molecule has 1 aromatic heterocycles. The molecule has 2 saturated heterocycles. The fraction of sp³-hybridized carbons (Fsp3) is 0.692. The average molecular weight is 292 g/mol. The molecule has 8 heteroatoms. The molecule has 0 amide bonds. The third-order valence-electron chi connectivity index (χ3n) is 4.37. The van der Waals surface area contributed by atoms with E-state index in [4.69, 9.17) is 0 Å². The average Bonchev–Trinajstić information content (AvgIpc) is 2.90. The summed E-state index contributed by atoms with van der Waals surface area (Å²) in [5, 5.41) is 17.2. The second-order valence-electron chi connectivity index (χ2n) is 5.57. The molecule has 8 nitrogen and oxygen atoms in total. The molecule has 0 aliphatic carbocycles. The first-order chi connectivity index (χ1) is 10.2. The minimum atomic E-state index is -0.435. The lowest BCUT2D eigenvalue weighted by molar-refractivity contribution is -0.384. The maximum absolute atomic E-state index is 11.1. The third kappa shape index (κ3) is 2.76. The van der Waals surface area contributed by atoms with E-state index in [2.05, 4.69) is 25.5 Å². The molecule has 0 radical (unpaired) electrons. The summed E-state index contributed by atoms with van der Waals surface area (Å²) in [6.45, 7) is 2.19. The molecule has 2 aliphatic rings. The number of hydrogen-bond acceptors (Lipinski definition) is 7. The van der Waals surface area contributed by atoms with Crippen LogP contribution < -0.4 is 10.6 Å². The molecular weight excluding hydrogens is 272 g/mol. The molecular formula is C13H20N6O2. The third-order valence-corrected chi connectivity index (χ3v) is 4.37. The highest BCUT2D eigenvalue weighted by Gasteiger charge is 2.36. The van der Waals surface area contributed by atoms with Crippen LogP contribution in [-0.4, -0.2) is 52.0 Å². The van der Waals surface area contributed by atoms with Crippen molar-refractivity contribution in [3.05, 3.63) is 16.3 Å². The summed E-state index contributed by atoms with van der Waals surface area (Å²) < 4.78 is 0. The smallest absolute Gasteiger partial charge is 0.329 e. The van der Waals surface area contributed by atoms with Crippen LogP contribution in [-0.2, 0) is 0 Å². The van der Waals surface area contributed by atoms with Crippen LogP contribution >= 0.6 is 0 Å². The standard InChI is InChI=1S/C13H20N6O2/c1-14-13-15-8-11(19(20)21)12(17-13)16-9-5-7-18-6-3-2-4-10(9)18/h8-10H,2-7H2,1H3,(H2,14,15,16,17). The Hall–Kier alpha value is -1.96. The summed E-state index contributed by atoms with van der Waals surface area (Å²) in [5.74, 6) is 0.707. The van der Waals surface area contributed by atoms with Crippen LogP contribution in [0.1, 0.15) is 25.7 Å². The van der Waals surface area contributed by atoms with Gasteiger partial charge < -0.3 is 10.6 Å². The van der Waals surface area contributed by atoms with E-state index in [0.29, 0.717) is 17.8 Å². The molecule has 2 fully saturated rings. The van der Waals surface area contributed by atoms with Crippen molar-refractivity contribution in [2.45, 2.75) is 37.8 Å². The molecule has 1 aromatic rings. The lowest BCUT2D eigenvalue weighted by atomic mass is 9.99. The van der Waals surface area contributed by atoms with Gasteiger partial charge in [-0.05, 0) is 25.8 Å². The van der Waals surface area contributed by atoms with Crippen LogP contribution in [0.5, 0.6) is 0 Å². The van der Waals surface area contributed by atoms with Gasteiger partial charge in [0, 0.05) is 25.7 Å². The molecule has 2 aliphatic heterocycles. The molecule has 2 atom stereocenters. The van der Waals surface area contributed by atoms with Gasteiger partial charge in [-0.3, -0.25) is 15.0 Å². The summed E-state index contributed by atoms with van der Waals surface area (Å²) >= 11 is 0. The van der Waals surface area contributed by atoms with Crippen LogP contribution in [0, 0.1) is 10.1 Å². The molecule has 114 valence electrons. The molecule has 3 heterocycles. The number of nitro groups is 1. The van der Waals surface area contributed by atoms with Crippen LogP contribution in [0.15, 0.2) is 6.20 Å². The Kier molecular flexibility index (Phi) is 3.87. The van der Waals surface area contributed by atoms with E-state index in [9.17, 15) is 10.1 Å². The summed E-state index contributed by atoms with van der Waals surface area (Å²) in [6, 6.07) is 0.690. The first-order valence-corrected chi connectivity index (χ1v) is 7.39. The van der Waals surface area contributed by atoms with Crippen molar-refractivity contribution >= 4 is 17.5 Å². The van der Waals surface area contributed by atoms with Crippen molar-refractivity contribution < 1.29 is 4.92 Å². The Labute approximate surface area is 123 Å². The molecule has 0 bridgehead atoms. The Morgan fingerprint density at radius 3 is 3.00 bits per heavy atom. The quantitative estimate of drug-likeness (QED) is 0.640. The monoisotopic (exact) mass is 292 g/mol. The Morgan fingerprint density at radius 2 is 2.24 bits per heavy atom. The van der Waals surface area contributed by atoms with E-state index in [-0.39, 0.29) is 11.7 Å². The maximum Gasteiger partial charge on any atom is 0.329 e. The van der Waals surface area contributed by atoms with Gasteiger partial charge in [-0.2, -0.15) is 4.98 Å². The Bertz CT molecular complexity index is 537. The van der Waals surface area contributed by atoms with Gasteiger partial charge in [0.05, 0.1) is 4.92 Å².